The third kappa shape index (κ3) is 4.75. The van der Waals surface area contributed by atoms with Crippen molar-refractivity contribution in [1.82, 2.24) is 0 Å². The van der Waals surface area contributed by atoms with E-state index < -0.39 is 11.0 Å². The Hall–Kier alpha value is -3.87. The highest BCUT2D eigenvalue weighted by atomic mass is 16.6. The molecule has 3 aromatic rings. The largest absolute Gasteiger partial charge is 0.495 e. The van der Waals surface area contributed by atoms with Crippen LogP contribution in [-0.4, -0.2) is 17.9 Å². The molecule has 1 amide bonds. The topological polar surface area (TPSA) is 90.7 Å². The highest BCUT2D eigenvalue weighted by Crippen LogP contribution is 2.30. The number of ether oxygens (including phenoxy) is 2. The molecule has 0 aliphatic carbocycles. The lowest BCUT2D eigenvalue weighted by molar-refractivity contribution is -0.385. The summed E-state index contributed by atoms with van der Waals surface area (Å²) in [5.74, 6) is 0.506. The third-order valence-electron chi connectivity index (χ3n) is 4.57. The molecule has 0 radical (unpaired) electrons. The molecular weight excluding hydrogens is 384 g/mol. The molecule has 0 aliphatic rings. The van der Waals surface area contributed by atoms with Crippen molar-refractivity contribution in [2.45, 2.75) is 20.0 Å². The minimum atomic E-state index is -0.961. The summed E-state index contributed by atoms with van der Waals surface area (Å²) in [5.41, 5.74) is 2.59. The molecule has 0 aliphatic heterocycles. The molecule has 3 rings (SSSR count). The fourth-order valence-corrected chi connectivity index (χ4v) is 3.06. The van der Waals surface area contributed by atoms with Crippen LogP contribution in [-0.2, 0) is 4.79 Å². The van der Waals surface area contributed by atoms with Gasteiger partial charge in [-0.1, -0.05) is 36.4 Å². The zero-order valence-corrected chi connectivity index (χ0v) is 16.9. The first-order chi connectivity index (χ1) is 14.4. The summed E-state index contributed by atoms with van der Waals surface area (Å²) in [4.78, 5) is 23.8. The Bertz CT molecular complexity index is 1070. The second kappa shape index (κ2) is 9.09. The number of carbonyl (C=O) groups excluding carboxylic acids is 1. The van der Waals surface area contributed by atoms with Gasteiger partial charge in [0, 0.05) is 17.2 Å². The van der Waals surface area contributed by atoms with E-state index in [0.29, 0.717) is 28.3 Å². The molecular formula is C23H22N2O5. The standard InChI is InChI=1S/C23H22N2O5/c1-15-9-12-21(29-3)19(13-15)24-23(26)22(17-7-5-4-6-8-17)30-18-10-11-20(25(27)28)16(2)14-18/h4-14,22H,1-3H3,(H,24,26). The molecule has 7 heteroatoms. The van der Waals surface area contributed by atoms with Gasteiger partial charge in [-0.25, -0.2) is 0 Å². The van der Waals surface area contributed by atoms with Crippen LogP contribution >= 0.6 is 0 Å². The van der Waals surface area contributed by atoms with Crippen molar-refractivity contribution in [2.24, 2.45) is 0 Å². The third-order valence-corrected chi connectivity index (χ3v) is 4.57. The van der Waals surface area contributed by atoms with Crippen LogP contribution in [0.4, 0.5) is 11.4 Å². The molecule has 0 saturated heterocycles. The van der Waals surface area contributed by atoms with Crippen molar-refractivity contribution >= 4 is 17.3 Å². The van der Waals surface area contributed by atoms with E-state index in [1.54, 1.807) is 31.2 Å². The van der Waals surface area contributed by atoms with Crippen LogP contribution in [0.15, 0.2) is 66.7 Å². The van der Waals surface area contributed by atoms with Crippen molar-refractivity contribution in [3.05, 3.63) is 93.5 Å². The highest BCUT2D eigenvalue weighted by Gasteiger charge is 2.24. The number of hydrogen-bond acceptors (Lipinski definition) is 5. The zero-order valence-electron chi connectivity index (χ0n) is 16.9. The number of nitrogens with zero attached hydrogens (tertiary/aromatic N) is 1. The normalized spacial score (nSPS) is 11.4. The number of hydrogen-bond donors (Lipinski definition) is 1. The smallest absolute Gasteiger partial charge is 0.272 e. The molecule has 0 bridgehead atoms. The van der Waals surface area contributed by atoms with E-state index in [9.17, 15) is 14.9 Å². The molecule has 0 spiro atoms. The number of anilines is 1. The minimum Gasteiger partial charge on any atom is -0.495 e. The first-order valence-electron chi connectivity index (χ1n) is 9.31. The molecule has 7 nitrogen and oxygen atoms in total. The Labute approximate surface area is 174 Å². The van der Waals surface area contributed by atoms with Crippen molar-refractivity contribution < 1.29 is 19.2 Å². The first kappa shape index (κ1) is 20.9. The molecule has 0 saturated carbocycles. The van der Waals surface area contributed by atoms with Crippen molar-refractivity contribution in [1.29, 1.82) is 0 Å². The van der Waals surface area contributed by atoms with E-state index in [1.807, 2.05) is 37.3 Å². The lowest BCUT2D eigenvalue weighted by Crippen LogP contribution is -2.26. The maximum Gasteiger partial charge on any atom is 0.272 e. The van der Waals surface area contributed by atoms with Gasteiger partial charge < -0.3 is 14.8 Å². The summed E-state index contributed by atoms with van der Waals surface area (Å²) >= 11 is 0. The van der Waals surface area contributed by atoms with E-state index in [4.69, 9.17) is 9.47 Å². The molecule has 30 heavy (non-hydrogen) atoms. The number of carbonyl (C=O) groups is 1. The lowest BCUT2D eigenvalue weighted by atomic mass is 10.1. The predicted molar refractivity (Wildman–Crippen MR) is 114 cm³/mol. The second-order valence-corrected chi connectivity index (χ2v) is 6.81. The van der Waals surface area contributed by atoms with Gasteiger partial charge in [-0.05, 0) is 43.7 Å². The first-order valence-corrected chi connectivity index (χ1v) is 9.31. The molecule has 1 unspecified atom stereocenters. The summed E-state index contributed by atoms with van der Waals surface area (Å²) in [7, 11) is 1.53. The number of rotatable bonds is 7. The maximum atomic E-state index is 13.2. The molecule has 0 heterocycles. The van der Waals surface area contributed by atoms with Gasteiger partial charge in [-0.3, -0.25) is 14.9 Å². The number of benzene rings is 3. The Morgan fingerprint density at radius 3 is 2.40 bits per heavy atom. The number of nitro groups is 1. The van der Waals surface area contributed by atoms with Crippen LogP contribution < -0.4 is 14.8 Å². The van der Waals surface area contributed by atoms with Gasteiger partial charge in [0.25, 0.3) is 11.6 Å². The summed E-state index contributed by atoms with van der Waals surface area (Å²) in [6.45, 7) is 3.54. The van der Waals surface area contributed by atoms with Crippen molar-refractivity contribution in [2.75, 3.05) is 12.4 Å². The van der Waals surface area contributed by atoms with Gasteiger partial charge >= 0.3 is 0 Å². The Balaban J connectivity index is 1.92. The average molecular weight is 406 g/mol. The quantitative estimate of drug-likeness (QED) is 0.441. The highest BCUT2D eigenvalue weighted by molar-refractivity contribution is 5.96. The van der Waals surface area contributed by atoms with Gasteiger partial charge in [-0.15, -0.1) is 0 Å². The van der Waals surface area contributed by atoms with Gasteiger partial charge in [0.05, 0.1) is 17.7 Å². The minimum absolute atomic E-state index is 0.00689. The monoisotopic (exact) mass is 406 g/mol. The van der Waals surface area contributed by atoms with E-state index in [2.05, 4.69) is 5.32 Å². The summed E-state index contributed by atoms with van der Waals surface area (Å²) < 4.78 is 11.3. The fourth-order valence-electron chi connectivity index (χ4n) is 3.06. The Morgan fingerprint density at radius 1 is 1.03 bits per heavy atom. The summed E-state index contributed by atoms with van der Waals surface area (Å²) in [5, 5.41) is 13.9. The number of nitrogens with one attached hydrogen (secondary N) is 1. The molecule has 3 aromatic carbocycles. The van der Waals surface area contributed by atoms with Crippen LogP contribution in [0.25, 0.3) is 0 Å². The van der Waals surface area contributed by atoms with Crippen LogP contribution in [0.5, 0.6) is 11.5 Å². The van der Waals surface area contributed by atoms with Crippen molar-refractivity contribution in [3.8, 4) is 11.5 Å². The van der Waals surface area contributed by atoms with Crippen LogP contribution in [0.1, 0.15) is 22.8 Å². The summed E-state index contributed by atoms with van der Waals surface area (Å²) in [6, 6.07) is 18.9. The maximum absolute atomic E-state index is 13.2. The molecule has 0 aromatic heterocycles. The fraction of sp³-hybridized carbons (Fsp3) is 0.174. The number of nitro benzene ring substituents is 1. The van der Waals surface area contributed by atoms with E-state index >= 15 is 0 Å². The van der Waals surface area contributed by atoms with Crippen LogP contribution in [0.2, 0.25) is 0 Å². The summed E-state index contributed by atoms with van der Waals surface area (Å²) in [6.07, 6.45) is -0.961. The van der Waals surface area contributed by atoms with Crippen molar-refractivity contribution in [3.63, 3.8) is 0 Å². The Kier molecular flexibility index (Phi) is 6.32. The molecule has 0 fully saturated rings. The molecule has 1 atom stereocenters. The van der Waals surface area contributed by atoms with Gasteiger partial charge in [0.15, 0.2) is 0 Å². The van der Waals surface area contributed by atoms with E-state index in [1.165, 1.54) is 19.2 Å². The zero-order chi connectivity index (χ0) is 21.7. The SMILES string of the molecule is COc1ccc(C)cc1NC(=O)C(Oc1ccc([N+](=O)[O-])c(C)c1)c1ccccc1. The average Bonchev–Trinajstić information content (AvgIpc) is 2.72. The van der Waals surface area contributed by atoms with Gasteiger partial charge in [0.1, 0.15) is 11.5 Å². The second-order valence-electron chi connectivity index (χ2n) is 6.81. The molecule has 154 valence electrons. The van der Waals surface area contributed by atoms with Crippen LogP contribution in [0, 0.1) is 24.0 Å². The molecule has 1 N–H and O–H groups in total. The van der Waals surface area contributed by atoms with E-state index in [-0.39, 0.29) is 11.6 Å². The number of methoxy groups -OCH3 is 1. The van der Waals surface area contributed by atoms with Gasteiger partial charge in [-0.2, -0.15) is 0 Å². The predicted octanol–water partition coefficient (Wildman–Crippen LogP) is 4.98. The van der Waals surface area contributed by atoms with Gasteiger partial charge in [0.2, 0.25) is 6.10 Å². The van der Waals surface area contributed by atoms with Crippen LogP contribution in [0.3, 0.4) is 0 Å². The van der Waals surface area contributed by atoms with E-state index in [0.717, 1.165) is 5.56 Å². The lowest BCUT2D eigenvalue weighted by Gasteiger charge is -2.20. The number of amides is 1. The number of aryl methyl sites for hydroxylation is 2. The Morgan fingerprint density at radius 2 is 1.77 bits per heavy atom.